The van der Waals surface area contributed by atoms with Crippen LogP contribution in [0.4, 0.5) is 0 Å². The minimum absolute atomic E-state index is 0.178. The number of ether oxygens (including phenoxy) is 2. The first-order valence-electron chi connectivity index (χ1n) is 6.43. The summed E-state index contributed by atoms with van der Waals surface area (Å²) in [5.41, 5.74) is 2.14. The predicted molar refractivity (Wildman–Crippen MR) is 98.4 cm³/mol. The molecule has 0 aliphatic heterocycles. The summed E-state index contributed by atoms with van der Waals surface area (Å²) in [5, 5.41) is -0.178. The third-order valence-electron chi connectivity index (χ3n) is 2.97. The molecule has 2 rings (SSSR count). The molecule has 112 valence electrons. The number of hydrogen-bond acceptors (Lipinski definition) is 2. The molecule has 1 unspecified atom stereocenters. The van der Waals surface area contributed by atoms with Crippen LogP contribution in [0.25, 0.3) is 0 Å². The van der Waals surface area contributed by atoms with Gasteiger partial charge in [-0.25, -0.2) is 0 Å². The molecular weight excluding hydrogens is 466 g/mol. The molecule has 21 heavy (non-hydrogen) atoms. The van der Waals surface area contributed by atoms with E-state index in [2.05, 4.69) is 50.7 Å². The highest BCUT2D eigenvalue weighted by Crippen LogP contribution is 2.35. The van der Waals surface area contributed by atoms with E-state index in [1.165, 1.54) is 0 Å². The van der Waals surface area contributed by atoms with E-state index < -0.39 is 0 Å². The van der Waals surface area contributed by atoms with Gasteiger partial charge in [0.05, 0.1) is 16.5 Å². The lowest BCUT2D eigenvalue weighted by Gasteiger charge is -2.14. The van der Waals surface area contributed by atoms with Crippen molar-refractivity contribution in [3.8, 4) is 5.75 Å². The molecule has 0 saturated carbocycles. The third kappa shape index (κ3) is 4.58. The zero-order chi connectivity index (χ0) is 15.2. The molecule has 0 spiro atoms. The molecule has 0 aliphatic rings. The van der Waals surface area contributed by atoms with Crippen LogP contribution in [0.15, 0.2) is 46.9 Å². The fraction of sp³-hybridized carbons (Fsp3) is 0.250. The molecular formula is C16H15BrClIO2. The van der Waals surface area contributed by atoms with Crippen molar-refractivity contribution in [2.45, 2.75) is 5.38 Å². The number of hydrogen-bond donors (Lipinski definition) is 0. The van der Waals surface area contributed by atoms with Crippen molar-refractivity contribution < 1.29 is 9.47 Å². The Morgan fingerprint density at radius 1 is 1.19 bits per heavy atom. The van der Waals surface area contributed by atoms with E-state index in [1.807, 2.05) is 30.3 Å². The average Bonchev–Trinajstić information content (AvgIpc) is 2.49. The SMILES string of the molecule is COCCOc1ccc(C(Cl)c2ccccc2I)cc1Br. The first-order chi connectivity index (χ1) is 10.1. The van der Waals surface area contributed by atoms with E-state index in [-0.39, 0.29) is 5.38 Å². The minimum atomic E-state index is -0.178. The molecule has 1 atom stereocenters. The molecule has 0 aromatic heterocycles. The summed E-state index contributed by atoms with van der Waals surface area (Å²) in [5.74, 6) is 0.794. The fourth-order valence-corrected chi connectivity index (χ4v) is 3.61. The summed E-state index contributed by atoms with van der Waals surface area (Å²) in [6, 6.07) is 14.1. The van der Waals surface area contributed by atoms with Gasteiger partial charge < -0.3 is 9.47 Å². The van der Waals surface area contributed by atoms with E-state index in [4.69, 9.17) is 21.1 Å². The van der Waals surface area contributed by atoms with Crippen LogP contribution in [0.1, 0.15) is 16.5 Å². The van der Waals surface area contributed by atoms with Gasteiger partial charge in [0.25, 0.3) is 0 Å². The van der Waals surface area contributed by atoms with E-state index in [0.29, 0.717) is 13.2 Å². The second-order valence-corrected chi connectivity index (χ2v) is 6.87. The van der Waals surface area contributed by atoms with Crippen LogP contribution in [-0.2, 0) is 4.74 Å². The van der Waals surface area contributed by atoms with Gasteiger partial charge in [0.15, 0.2) is 0 Å². The lowest BCUT2D eigenvalue weighted by atomic mass is 10.0. The first-order valence-corrected chi connectivity index (χ1v) is 8.74. The van der Waals surface area contributed by atoms with Crippen molar-refractivity contribution in [1.29, 1.82) is 0 Å². The summed E-state index contributed by atoms with van der Waals surface area (Å²) >= 11 is 12.4. The molecule has 2 aromatic carbocycles. The molecule has 0 fully saturated rings. The molecule has 5 heteroatoms. The normalized spacial score (nSPS) is 12.2. The van der Waals surface area contributed by atoms with Gasteiger partial charge in [0.1, 0.15) is 12.4 Å². The number of halogens is 3. The number of alkyl halides is 1. The summed E-state index contributed by atoms with van der Waals surface area (Å²) < 4.78 is 12.7. The van der Waals surface area contributed by atoms with Crippen molar-refractivity contribution in [3.05, 3.63) is 61.6 Å². The van der Waals surface area contributed by atoms with E-state index in [9.17, 15) is 0 Å². The second-order valence-electron chi connectivity index (χ2n) is 4.42. The van der Waals surface area contributed by atoms with Crippen LogP contribution < -0.4 is 4.74 Å². The molecule has 0 amide bonds. The van der Waals surface area contributed by atoms with Gasteiger partial charge in [-0.1, -0.05) is 24.3 Å². The zero-order valence-electron chi connectivity index (χ0n) is 11.5. The third-order valence-corrected chi connectivity index (χ3v) is 5.06. The van der Waals surface area contributed by atoms with Gasteiger partial charge in [-0.2, -0.15) is 0 Å². The molecule has 0 aliphatic carbocycles. The van der Waals surface area contributed by atoms with E-state index >= 15 is 0 Å². The smallest absolute Gasteiger partial charge is 0.133 e. The first kappa shape index (κ1) is 17.1. The maximum Gasteiger partial charge on any atom is 0.133 e. The van der Waals surface area contributed by atoms with Crippen molar-refractivity contribution in [2.75, 3.05) is 20.3 Å². The van der Waals surface area contributed by atoms with Crippen LogP contribution in [0.5, 0.6) is 5.75 Å². The van der Waals surface area contributed by atoms with Gasteiger partial charge in [-0.3, -0.25) is 0 Å². The van der Waals surface area contributed by atoms with Crippen molar-refractivity contribution >= 4 is 50.1 Å². The van der Waals surface area contributed by atoms with Crippen molar-refractivity contribution in [2.24, 2.45) is 0 Å². The summed E-state index contributed by atoms with van der Waals surface area (Å²) in [6.45, 7) is 1.09. The Balaban J connectivity index is 2.18. The Bertz CT molecular complexity index is 607. The predicted octanol–water partition coefficient (Wildman–Crippen LogP) is 5.41. The van der Waals surface area contributed by atoms with Gasteiger partial charge in [0.2, 0.25) is 0 Å². The second kappa shape index (κ2) is 8.36. The Hall–Kier alpha value is -0.300. The van der Waals surface area contributed by atoms with Crippen LogP contribution in [0.3, 0.4) is 0 Å². The largest absolute Gasteiger partial charge is 0.490 e. The maximum atomic E-state index is 6.60. The van der Waals surface area contributed by atoms with Crippen LogP contribution in [0.2, 0.25) is 0 Å². The summed E-state index contributed by atoms with van der Waals surface area (Å²) in [6.07, 6.45) is 0. The van der Waals surface area contributed by atoms with Gasteiger partial charge in [-0.15, -0.1) is 11.6 Å². The van der Waals surface area contributed by atoms with E-state index in [1.54, 1.807) is 7.11 Å². The molecule has 0 radical (unpaired) electrons. The van der Waals surface area contributed by atoms with Crippen molar-refractivity contribution in [3.63, 3.8) is 0 Å². The Labute approximate surface area is 152 Å². The Morgan fingerprint density at radius 3 is 2.62 bits per heavy atom. The van der Waals surface area contributed by atoms with Crippen LogP contribution in [-0.4, -0.2) is 20.3 Å². The van der Waals surface area contributed by atoms with E-state index in [0.717, 1.165) is 24.9 Å². The molecule has 0 saturated heterocycles. The summed E-state index contributed by atoms with van der Waals surface area (Å²) in [4.78, 5) is 0. The highest BCUT2D eigenvalue weighted by molar-refractivity contribution is 14.1. The zero-order valence-corrected chi connectivity index (χ0v) is 16.0. The van der Waals surface area contributed by atoms with Gasteiger partial charge in [-0.05, 0) is 67.8 Å². The Kier molecular flexibility index (Phi) is 6.79. The molecule has 2 aromatic rings. The average molecular weight is 482 g/mol. The van der Waals surface area contributed by atoms with Crippen LogP contribution in [0, 0.1) is 3.57 Å². The minimum Gasteiger partial charge on any atom is -0.490 e. The molecule has 0 N–H and O–H groups in total. The van der Waals surface area contributed by atoms with Gasteiger partial charge in [0, 0.05) is 10.7 Å². The Morgan fingerprint density at radius 2 is 1.95 bits per heavy atom. The van der Waals surface area contributed by atoms with Gasteiger partial charge >= 0.3 is 0 Å². The molecule has 0 heterocycles. The lowest BCUT2D eigenvalue weighted by molar-refractivity contribution is 0.146. The standard InChI is InChI=1S/C16H15BrClIO2/c1-20-8-9-21-15-7-6-11(10-13(15)17)16(18)12-4-2-3-5-14(12)19/h2-7,10,16H,8-9H2,1H3. The maximum absolute atomic E-state index is 6.60. The highest BCUT2D eigenvalue weighted by Gasteiger charge is 2.15. The fourth-order valence-electron chi connectivity index (χ4n) is 1.89. The number of benzene rings is 2. The van der Waals surface area contributed by atoms with Crippen molar-refractivity contribution in [1.82, 2.24) is 0 Å². The molecule has 2 nitrogen and oxygen atoms in total. The summed E-state index contributed by atoms with van der Waals surface area (Å²) in [7, 11) is 1.65. The number of methoxy groups -OCH3 is 1. The highest BCUT2D eigenvalue weighted by atomic mass is 127. The quantitative estimate of drug-likeness (QED) is 0.312. The monoisotopic (exact) mass is 480 g/mol. The lowest BCUT2D eigenvalue weighted by Crippen LogP contribution is -2.05. The topological polar surface area (TPSA) is 18.5 Å². The van der Waals surface area contributed by atoms with Crippen LogP contribution >= 0.6 is 50.1 Å². The molecule has 0 bridgehead atoms. The number of rotatable bonds is 6.